The van der Waals surface area contributed by atoms with Gasteiger partial charge in [-0.2, -0.15) is 5.10 Å². The van der Waals surface area contributed by atoms with E-state index in [9.17, 15) is 13.2 Å². The van der Waals surface area contributed by atoms with Crippen LogP contribution in [0.15, 0.2) is 29.2 Å². The zero-order valence-corrected chi connectivity index (χ0v) is 15.2. The molecule has 0 radical (unpaired) electrons. The van der Waals surface area contributed by atoms with Crippen molar-refractivity contribution in [2.75, 3.05) is 0 Å². The van der Waals surface area contributed by atoms with E-state index < -0.39 is 15.9 Å². The highest BCUT2D eigenvalue weighted by molar-refractivity contribution is 7.90. The van der Waals surface area contributed by atoms with Gasteiger partial charge in [-0.1, -0.05) is 12.1 Å². The Kier molecular flexibility index (Phi) is 4.94. The zero-order valence-electron chi connectivity index (χ0n) is 14.4. The highest BCUT2D eigenvalue weighted by Crippen LogP contribution is 2.17. The second kappa shape index (κ2) is 6.60. The van der Waals surface area contributed by atoms with E-state index in [1.807, 2.05) is 27.0 Å². The molecule has 0 atom stereocenters. The average molecular weight is 347 g/mol. The monoisotopic (exact) mass is 347 g/mol. The van der Waals surface area contributed by atoms with Gasteiger partial charge in [0, 0.05) is 24.4 Å². The minimum atomic E-state index is -3.90. The van der Waals surface area contributed by atoms with Gasteiger partial charge < -0.3 is 0 Å². The molecule has 2 aromatic rings. The molecule has 1 N–H and O–H groups in total. The normalized spacial score (nSPS) is 11.9. The molecule has 1 heterocycles. The van der Waals surface area contributed by atoms with Crippen LogP contribution in [0.5, 0.6) is 0 Å². The van der Waals surface area contributed by atoms with E-state index in [4.69, 9.17) is 0 Å². The van der Waals surface area contributed by atoms with E-state index in [1.165, 1.54) is 6.08 Å². The molecule has 0 unspecified atom stereocenters. The van der Waals surface area contributed by atoms with Crippen LogP contribution in [0, 0.1) is 27.7 Å². The number of carbonyl (C=O) groups is 1. The summed E-state index contributed by atoms with van der Waals surface area (Å²) in [7, 11) is -2.09. The predicted molar refractivity (Wildman–Crippen MR) is 93.0 cm³/mol. The van der Waals surface area contributed by atoms with Crippen molar-refractivity contribution < 1.29 is 13.2 Å². The van der Waals surface area contributed by atoms with Crippen LogP contribution in [0.4, 0.5) is 0 Å². The summed E-state index contributed by atoms with van der Waals surface area (Å²) >= 11 is 0. The van der Waals surface area contributed by atoms with Crippen LogP contribution in [0.2, 0.25) is 0 Å². The summed E-state index contributed by atoms with van der Waals surface area (Å²) < 4.78 is 28.5. The van der Waals surface area contributed by atoms with Crippen LogP contribution in [-0.4, -0.2) is 24.1 Å². The minimum Gasteiger partial charge on any atom is -0.272 e. The largest absolute Gasteiger partial charge is 0.272 e. The number of aryl methyl sites for hydroxylation is 4. The molecule has 0 aliphatic carbocycles. The maximum absolute atomic E-state index is 12.4. The Morgan fingerprint density at radius 2 is 1.88 bits per heavy atom. The molecule has 0 aliphatic rings. The smallest absolute Gasteiger partial charge is 0.264 e. The Hall–Kier alpha value is -2.41. The Morgan fingerprint density at radius 3 is 2.46 bits per heavy atom. The molecule has 1 aromatic heterocycles. The van der Waals surface area contributed by atoms with Crippen molar-refractivity contribution in [1.29, 1.82) is 0 Å². The van der Waals surface area contributed by atoms with Gasteiger partial charge in [0.1, 0.15) is 0 Å². The fourth-order valence-electron chi connectivity index (χ4n) is 2.41. The number of amides is 1. The van der Waals surface area contributed by atoms with Gasteiger partial charge in [0.05, 0.1) is 10.6 Å². The van der Waals surface area contributed by atoms with Gasteiger partial charge in [0.25, 0.3) is 15.9 Å². The third-order valence-corrected chi connectivity index (χ3v) is 5.32. The summed E-state index contributed by atoms with van der Waals surface area (Å²) in [6.07, 6.45) is 2.78. The van der Waals surface area contributed by atoms with Crippen LogP contribution >= 0.6 is 0 Å². The first kappa shape index (κ1) is 17.9. The van der Waals surface area contributed by atoms with Crippen LogP contribution in [0.25, 0.3) is 6.08 Å². The second-order valence-electron chi connectivity index (χ2n) is 5.78. The van der Waals surface area contributed by atoms with Gasteiger partial charge in [0.2, 0.25) is 0 Å². The molecule has 0 saturated heterocycles. The number of hydrogen-bond donors (Lipinski definition) is 1. The minimum absolute atomic E-state index is 0.109. The molecule has 1 amide bonds. The van der Waals surface area contributed by atoms with Crippen molar-refractivity contribution >= 4 is 22.0 Å². The van der Waals surface area contributed by atoms with Crippen molar-refractivity contribution in [1.82, 2.24) is 14.5 Å². The molecule has 0 bridgehead atoms. The summed E-state index contributed by atoms with van der Waals surface area (Å²) in [5, 5.41) is 4.25. The van der Waals surface area contributed by atoms with E-state index in [2.05, 4.69) is 9.82 Å². The quantitative estimate of drug-likeness (QED) is 0.860. The second-order valence-corrected chi connectivity index (χ2v) is 7.43. The van der Waals surface area contributed by atoms with E-state index >= 15 is 0 Å². The molecular formula is C17H21N3O3S. The highest BCUT2D eigenvalue weighted by Gasteiger charge is 2.19. The Morgan fingerprint density at radius 1 is 1.21 bits per heavy atom. The van der Waals surface area contributed by atoms with Crippen LogP contribution in [0.1, 0.15) is 28.1 Å². The molecule has 0 spiro atoms. The number of nitrogens with zero attached hydrogens (tertiary/aromatic N) is 2. The Balaban J connectivity index is 2.22. The van der Waals surface area contributed by atoms with Crippen molar-refractivity contribution in [3.63, 3.8) is 0 Å². The number of hydrogen-bond acceptors (Lipinski definition) is 4. The van der Waals surface area contributed by atoms with E-state index in [-0.39, 0.29) is 4.90 Å². The van der Waals surface area contributed by atoms with Crippen molar-refractivity contribution in [3.8, 4) is 0 Å². The van der Waals surface area contributed by atoms with Gasteiger partial charge >= 0.3 is 0 Å². The molecule has 24 heavy (non-hydrogen) atoms. The molecule has 0 fully saturated rings. The van der Waals surface area contributed by atoms with Gasteiger partial charge in [-0.15, -0.1) is 0 Å². The first-order chi connectivity index (χ1) is 11.1. The summed E-state index contributed by atoms with van der Waals surface area (Å²) in [5.74, 6) is -0.696. The van der Waals surface area contributed by atoms with Crippen molar-refractivity contribution in [2.24, 2.45) is 7.05 Å². The number of carbonyl (C=O) groups excluding carboxylic acids is 1. The standard InChI is InChI=1S/C17H21N3O3S/c1-11-6-7-12(2)16(10-11)24(22,23)19-17(21)9-8-15-13(3)18-20(5)14(15)4/h6-10H,1-5H3,(H,19,21)/b9-8+. The average Bonchev–Trinajstić information content (AvgIpc) is 2.72. The van der Waals surface area contributed by atoms with E-state index in [0.717, 1.165) is 22.5 Å². The number of benzene rings is 1. The molecule has 0 saturated carbocycles. The summed E-state index contributed by atoms with van der Waals surface area (Å²) in [4.78, 5) is 12.1. The fourth-order valence-corrected chi connectivity index (χ4v) is 3.68. The van der Waals surface area contributed by atoms with Crippen LogP contribution < -0.4 is 4.72 Å². The molecule has 128 valence electrons. The third-order valence-electron chi connectivity index (χ3n) is 3.83. The fraction of sp³-hybridized carbons (Fsp3) is 0.294. The first-order valence-corrected chi connectivity index (χ1v) is 8.92. The van der Waals surface area contributed by atoms with E-state index in [0.29, 0.717) is 5.56 Å². The lowest BCUT2D eigenvalue weighted by Crippen LogP contribution is -2.29. The topological polar surface area (TPSA) is 81.1 Å². The summed E-state index contributed by atoms with van der Waals surface area (Å²) in [6.45, 7) is 7.20. The lowest BCUT2D eigenvalue weighted by molar-refractivity contribution is -0.114. The molecule has 7 heteroatoms. The van der Waals surface area contributed by atoms with Gasteiger partial charge in [-0.3, -0.25) is 9.48 Å². The Bertz CT molecular complexity index is 925. The maximum Gasteiger partial charge on any atom is 0.264 e. The highest BCUT2D eigenvalue weighted by atomic mass is 32.2. The molecular weight excluding hydrogens is 326 g/mol. The van der Waals surface area contributed by atoms with Crippen LogP contribution in [-0.2, 0) is 21.9 Å². The maximum atomic E-state index is 12.4. The number of sulfonamides is 1. The molecule has 6 nitrogen and oxygen atoms in total. The van der Waals surface area contributed by atoms with Gasteiger partial charge in [-0.25, -0.2) is 13.1 Å². The van der Waals surface area contributed by atoms with Crippen molar-refractivity contribution in [2.45, 2.75) is 32.6 Å². The van der Waals surface area contributed by atoms with Gasteiger partial charge in [0.15, 0.2) is 0 Å². The number of nitrogens with one attached hydrogen (secondary N) is 1. The van der Waals surface area contributed by atoms with Gasteiger partial charge in [-0.05, 0) is 51.0 Å². The molecule has 1 aromatic carbocycles. The van der Waals surface area contributed by atoms with E-state index in [1.54, 1.807) is 36.7 Å². The Labute approximate surface area is 142 Å². The lowest BCUT2D eigenvalue weighted by Gasteiger charge is -2.08. The third kappa shape index (κ3) is 3.73. The molecule has 0 aliphatic heterocycles. The number of rotatable bonds is 4. The SMILES string of the molecule is Cc1ccc(C)c(S(=O)(=O)NC(=O)/C=C/c2c(C)nn(C)c2C)c1. The summed E-state index contributed by atoms with van der Waals surface area (Å²) in [5.41, 5.74) is 3.87. The summed E-state index contributed by atoms with van der Waals surface area (Å²) in [6, 6.07) is 5.08. The van der Waals surface area contributed by atoms with Crippen molar-refractivity contribution in [3.05, 3.63) is 52.4 Å². The van der Waals surface area contributed by atoms with Crippen LogP contribution in [0.3, 0.4) is 0 Å². The molecule has 2 rings (SSSR count). The number of aromatic nitrogens is 2. The first-order valence-electron chi connectivity index (χ1n) is 7.44. The lowest BCUT2D eigenvalue weighted by atomic mass is 10.2. The zero-order chi connectivity index (χ0) is 18.1. The predicted octanol–water partition coefficient (Wildman–Crippen LogP) is 2.17.